The van der Waals surface area contributed by atoms with E-state index >= 15 is 0 Å². The molecule has 5 rings (SSSR count). The molecule has 4 aliphatic rings. The summed E-state index contributed by atoms with van der Waals surface area (Å²) in [4.78, 5) is 46.0. The third-order valence-corrected chi connectivity index (χ3v) is 8.18. The Kier molecular flexibility index (Phi) is 4.94. The Bertz CT molecular complexity index is 879. The van der Waals surface area contributed by atoms with Crippen molar-refractivity contribution in [3.05, 3.63) is 35.9 Å². The van der Waals surface area contributed by atoms with Crippen molar-refractivity contribution < 1.29 is 28.7 Å². The highest BCUT2D eigenvalue weighted by Gasteiger charge is 2.87. The van der Waals surface area contributed by atoms with Crippen LogP contribution in [0.4, 0.5) is 0 Å². The van der Waals surface area contributed by atoms with Gasteiger partial charge in [-0.1, -0.05) is 62.4 Å². The summed E-state index contributed by atoms with van der Waals surface area (Å²) in [5.74, 6) is -1.44. The third-order valence-electron chi connectivity index (χ3n) is 8.18. The van der Waals surface area contributed by atoms with Crippen LogP contribution in [0.1, 0.15) is 48.9 Å². The number of ketones is 1. The monoisotopic (exact) mass is 427 g/mol. The maximum atomic E-state index is 13.5. The molecule has 0 amide bonds. The number of nitrogens with zero attached hydrogens (tertiary/aromatic N) is 1. The molecule has 0 radical (unpaired) electrons. The molecule has 2 aliphatic heterocycles. The normalized spacial score (nSPS) is 35.7. The van der Waals surface area contributed by atoms with Gasteiger partial charge < -0.3 is 9.47 Å². The average molecular weight is 427 g/mol. The van der Waals surface area contributed by atoms with Crippen LogP contribution in [0, 0.1) is 23.2 Å². The van der Waals surface area contributed by atoms with Gasteiger partial charge in [0, 0.05) is 17.4 Å². The third kappa shape index (κ3) is 2.62. The van der Waals surface area contributed by atoms with E-state index in [-0.39, 0.29) is 23.5 Å². The molecule has 5 atom stereocenters. The zero-order valence-corrected chi connectivity index (χ0v) is 18.0. The van der Waals surface area contributed by atoms with E-state index in [0.717, 1.165) is 32.1 Å². The van der Waals surface area contributed by atoms with Crippen LogP contribution in [0.2, 0.25) is 0 Å². The zero-order chi connectivity index (χ0) is 21.8. The maximum absolute atomic E-state index is 13.5. The molecule has 31 heavy (non-hydrogen) atoms. The molecule has 7 heteroatoms. The first-order valence-electron chi connectivity index (χ1n) is 11.2. The second-order valence-electron chi connectivity index (χ2n) is 9.37. The van der Waals surface area contributed by atoms with E-state index in [1.165, 1.54) is 14.2 Å². The first-order valence-corrected chi connectivity index (χ1v) is 11.2. The van der Waals surface area contributed by atoms with Gasteiger partial charge >= 0.3 is 11.9 Å². The van der Waals surface area contributed by atoms with Crippen molar-refractivity contribution >= 4 is 17.7 Å². The van der Waals surface area contributed by atoms with Crippen LogP contribution in [0.15, 0.2) is 30.3 Å². The molecule has 0 bridgehead atoms. The second-order valence-corrected chi connectivity index (χ2v) is 9.37. The van der Waals surface area contributed by atoms with Crippen molar-refractivity contribution in [1.82, 2.24) is 5.06 Å². The summed E-state index contributed by atoms with van der Waals surface area (Å²) < 4.78 is 10.4. The Morgan fingerprint density at radius 1 is 1.00 bits per heavy atom. The van der Waals surface area contributed by atoms with Crippen LogP contribution in [0.3, 0.4) is 0 Å². The maximum Gasteiger partial charge on any atom is 0.323 e. The number of carbonyl (C=O) groups excluding carboxylic acids is 3. The number of hydrogen-bond acceptors (Lipinski definition) is 7. The Hall–Kier alpha value is -2.25. The zero-order valence-electron chi connectivity index (χ0n) is 18.0. The van der Waals surface area contributed by atoms with Gasteiger partial charge in [0.25, 0.3) is 0 Å². The molecule has 1 aromatic carbocycles. The number of hydrogen-bond donors (Lipinski definition) is 0. The van der Waals surface area contributed by atoms with Crippen LogP contribution in [0.5, 0.6) is 0 Å². The number of esters is 2. The molecular weight excluding hydrogens is 398 g/mol. The lowest BCUT2D eigenvalue weighted by Crippen LogP contribution is -2.51. The Labute approximate surface area is 182 Å². The van der Waals surface area contributed by atoms with Crippen molar-refractivity contribution in [2.45, 2.75) is 50.1 Å². The van der Waals surface area contributed by atoms with Gasteiger partial charge in [0.15, 0.2) is 11.2 Å². The van der Waals surface area contributed by atoms with E-state index in [2.05, 4.69) is 0 Å². The van der Waals surface area contributed by atoms with E-state index in [4.69, 9.17) is 14.3 Å². The van der Waals surface area contributed by atoms with Gasteiger partial charge in [0.05, 0.1) is 26.4 Å². The molecule has 2 heterocycles. The van der Waals surface area contributed by atoms with E-state index in [1.54, 1.807) is 5.06 Å². The van der Waals surface area contributed by atoms with Crippen molar-refractivity contribution in [2.24, 2.45) is 23.2 Å². The molecule has 166 valence electrons. The molecule has 1 spiro atoms. The quantitative estimate of drug-likeness (QED) is 0.309. The van der Waals surface area contributed by atoms with Crippen LogP contribution in [-0.2, 0) is 23.9 Å². The second kappa shape index (κ2) is 7.41. The number of Topliss-reactive ketones (excluding diaryl/α,β-unsaturated/α-hetero) is 1. The van der Waals surface area contributed by atoms with Crippen LogP contribution in [0.25, 0.3) is 0 Å². The minimum atomic E-state index is -1.40. The van der Waals surface area contributed by atoms with Gasteiger partial charge in [-0.3, -0.25) is 19.2 Å². The molecule has 2 saturated heterocycles. The number of ether oxygens (including phenoxy) is 2. The smallest absolute Gasteiger partial charge is 0.323 e. The van der Waals surface area contributed by atoms with E-state index < -0.39 is 28.9 Å². The summed E-state index contributed by atoms with van der Waals surface area (Å²) in [6.45, 7) is 0.400. The lowest BCUT2D eigenvalue weighted by atomic mass is 9.63. The van der Waals surface area contributed by atoms with Gasteiger partial charge in [0.1, 0.15) is 6.04 Å². The fraction of sp³-hybridized carbons (Fsp3) is 0.625. The minimum absolute atomic E-state index is 0.0170. The fourth-order valence-electron chi connectivity index (χ4n) is 7.08. The van der Waals surface area contributed by atoms with Gasteiger partial charge in [-0.05, 0) is 12.3 Å². The van der Waals surface area contributed by atoms with Gasteiger partial charge in [-0.15, -0.1) is 0 Å². The van der Waals surface area contributed by atoms with Crippen LogP contribution >= 0.6 is 0 Å². The Morgan fingerprint density at radius 2 is 1.65 bits per heavy atom. The first kappa shape index (κ1) is 20.6. The summed E-state index contributed by atoms with van der Waals surface area (Å²) in [6, 6.07) is 8.69. The number of hydroxylamine groups is 2. The lowest BCUT2D eigenvalue weighted by Gasteiger charge is -2.39. The molecule has 0 aromatic heterocycles. The molecule has 4 fully saturated rings. The lowest BCUT2D eigenvalue weighted by molar-refractivity contribution is -0.177. The van der Waals surface area contributed by atoms with Crippen molar-refractivity contribution in [1.29, 1.82) is 0 Å². The predicted molar refractivity (Wildman–Crippen MR) is 110 cm³/mol. The molecule has 2 saturated carbocycles. The fourth-order valence-corrected chi connectivity index (χ4v) is 7.08. The number of carbonyl (C=O) groups is 3. The molecule has 0 N–H and O–H groups in total. The highest BCUT2D eigenvalue weighted by Crippen LogP contribution is 2.72. The van der Waals surface area contributed by atoms with Crippen LogP contribution in [-0.4, -0.2) is 55.2 Å². The van der Waals surface area contributed by atoms with Crippen molar-refractivity contribution in [2.75, 3.05) is 20.8 Å². The van der Waals surface area contributed by atoms with E-state index in [9.17, 15) is 14.4 Å². The number of rotatable bonds is 5. The molecule has 1 aromatic rings. The number of methoxy groups -OCH3 is 2. The topological polar surface area (TPSA) is 81.9 Å². The molecular formula is C24H29NO6. The van der Waals surface area contributed by atoms with E-state index in [1.807, 2.05) is 30.3 Å². The summed E-state index contributed by atoms with van der Waals surface area (Å²) in [5.41, 5.74) is -1.43. The highest BCUT2D eigenvalue weighted by molar-refractivity contribution is 6.06. The summed E-state index contributed by atoms with van der Waals surface area (Å²) in [6.07, 6.45) is 5.40. The average Bonchev–Trinajstić information content (AvgIpc) is 3.16. The van der Waals surface area contributed by atoms with Crippen molar-refractivity contribution in [3.8, 4) is 0 Å². The van der Waals surface area contributed by atoms with Crippen LogP contribution < -0.4 is 0 Å². The number of benzene rings is 1. The Morgan fingerprint density at radius 3 is 2.26 bits per heavy atom. The van der Waals surface area contributed by atoms with Gasteiger partial charge in [-0.25, -0.2) is 0 Å². The summed E-state index contributed by atoms with van der Waals surface area (Å²) in [7, 11) is 2.65. The standard InChI is InChI=1S/C24H29NO6/c1-29-21(27)23(22(28)30-2)13-17-14-31-25-20(18(26)15-9-5-3-6-10-15)24(17,25)19(23)16-11-7-4-8-12-16/h3,5-6,9-10,16-17,19-20H,4,7-8,11-14H2,1-2H3/t17-,19+,20+,24+,25?/m1/s1. The first-order chi connectivity index (χ1) is 15.0. The SMILES string of the molecule is COC(=O)C1(C(=O)OC)C[C@@H]2CON3[C@@H](C(=O)c4ccccc4)[C@@]23[C@H]1C1CCCCC1. The minimum Gasteiger partial charge on any atom is -0.468 e. The Balaban J connectivity index is 1.62. The predicted octanol–water partition coefficient (Wildman–Crippen LogP) is 2.79. The van der Waals surface area contributed by atoms with Crippen molar-refractivity contribution in [3.63, 3.8) is 0 Å². The summed E-state index contributed by atoms with van der Waals surface area (Å²) >= 11 is 0. The van der Waals surface area contributed by atoms with Gasteiger partial charge in [0.2, 0.25) is 0 Å². The largest absolute Gasteiger partial charge is 0.468 e. The molecule has 1 unspecified atom stereocenters. The summed E-state index contributed by atoms with van der Waals surface area (Å²) in [5, 5.41) is 1.79. The van der Waals surface area contributed by atoms with E-state index in [0.29, 0.717) is 18.6 Å². The molecule has 7 nitrogen and oxygen atoms in total. The molecule has 2 aliphatic carbocycles. The van der Waals surface area contributed by atoms with Gasteiger partial charge in [-0.2, -0.15) is 5.06 Å². The highest BCUT2D eigenvalue weighted by atomic mass is 16.7.